The molecule has 0 radical (unpaired) electrons. The summed E-state index contributed by atoms with van der Waals surface area (Å²) in [5.41, 5.74) is 5.97. The predicted octanol–water partition coefficient (Wildman–Crippen LogP) is 8.74. The van der Waals surface area contributed by atoms with Crippen LogP contribution in [-0.4, -0.2) is 51.5 Å². The van der Waals surface area contributed by atoms with Crippen molar-refractivity contribution < 1.29 is 33.4 Å². The summed E-state index contributed by atoms with van der Waals surface area (Å²) in [6.07, 6.45) is -0.960. The van der Waals surface area contributed by atoms with Gasteiger partial charge >= 0.3 is 5.79 Å². The number of para-hydroxylation sites is 2. The lowest BCUT2D eigenvalue weighted by atomic mass is 9.80. The molecule has 0 N–H and O–H groups in total. The van der Waals surface area contributed by atoms with Crippen LogP contribution >= 0.6 is 0 Å². The van der Waals surface area contributed by atoms with Gasteiger partial charge in [-0.2, -0.15) is 19.6 Å². The van der Waals surface area contributed by atoms with Crippen LogP contribution in [0.2, 0.25) is 0 Å². The summed E-state index contributed by atoms with van der Waals surface area (Å²) in [6, 6.07) is 42.0. The molecule has 6 heterocycles. The van der Waals surface area contributed by atoms with Gasteiger partial charge in [0.25, 0.3) is 5.90 Å². The summed E-state index contributed by atoms with van der Waals surface area (Å²) >= 11 is 0. The molecule has 13 heteroatoms. The molecule has 0 unspecified atom stereocenters. The number of oxime groups is 2. The number of methoxy groups -OCH3 is 2. The maximum absolute atomic E-state index is 7.09. The van der Waals surface area contributed by atoms with Crippen LogP contribution in [0.5, 0.6) is 34.8 Å². The second-order valence-electron chi connectivity index (χ2n) is 13.9. The molecule has 4 aliphatic heterocycles. The molecule has 5 aromatic carbocycles. The first-order chi connectivity index (χ1) is 28.4. The van der Waals surface area contributed by atoms with Crippen molar-refractivity contribution in [2.75, 3.05) is 14.2 Å². The lowest BCUT2D eigenvalue weighted by molar-refractivity contribution is -0.240. The predicted molar refractivity (Wildman–Crippen MR) is 214 cm³/mol. The van der Waals surface area contributed by atoms with Gasteiger partial charge in [-0.25, -0.2) is 0 Å². The Bertz CT molecular complexity index is 2690. The van der Waals surface area contributed by atoms with Gasteiger partial charge in [-0.05, 0) is 109 Å². The average molecular weight is 773 g/mol. The Labute approximate surface area is 333 Å². The molecule has 2 aromatic heterocycles. The molecule has 0 spiro atoms. The number of hydrogen-bond donors (Lipinski definition) is 0. The van der Waals surface area contributed by atoms with E-state index in [4.69, 9.17) is 48.7 Å². The standard InChI is InChI=1S/C45H36N6O7/c1-27-37-40-39(29-15-19-33(52-3)20-16-29)41(57-48-40)45(30-17-21-34(53-4)22-18-30)56-42(49-58-45)38-28(2)47-51(32-13-9-6-10-14-32)44(38)55-36-25-23-35(24-26-36)54-43(37)50(46-27)31-11-7-5-8-12-31/h5-26,39,41H,1-4H3/t39-,41-,45+/m1/s1. The Morgan fingerprint density at radius 2 is 1.10 bits per heavy atom. The molecule has 11 rings (SSSR count). The number of benzene rings is 5. The number of rotatable bonds is 6. The normalized spacial score (nSPS) is 19.0. The van der Waals surface area contributed by atoms with Crippen molar-refractivity contribution in [3.05, 3.63) is 167 Å². The van der Waals surface area contributed by atoms with Gasteiger partial charge in [-0.1, -0.05) is 53.7 Å². The van der Waals surface area contributed by atoms with Gasteiger partial charge in [0.2, 0.25) is 17.9 Å². The quantitative estimate of drug-likeness (QED) is 0.163. The zero-order valence-electron chi connectivity index (χ0n) is 31.9. The van der Waals surface area contributed by atoms with Crippen molar-refractivity contribution in [1.82, 2.24) is 19.6 Å². The van der Waals surface area contributed by atoms with E-state index in [2.05, 4.69) is 5.16 Å². The van der Waals surface area contributed by atoms with Gasteiger partial charge in [0.1, 0.15) is 34.3 Å². The van der Waals surface area contributed by atoms with Crippen molar-refractivity contribution >= 4 is 11.6 Å². The van der Waals surface area contributed by atoms with Crippen molar-refractivity contribution in [1.29, 1.82) is 0 Å². The van der Waals surface area contributed by atoms with Crippen molar-refractivity contribution in [2.24, 2.45) is 10.3 Å². The van der Waals surface area contributed by atoms with Gasteiger partial charge in [-0.3, -0.25) is 0 Å². The Morgan fingerprint density at radius 3 is 1.66 bits per heavy atom. The Balaban J connectivity index is 1.23. The lowest BCUT2D eigenvalue weighted by Gasteiger charge is -2.33. The van der Waals surface area contributed by atoms with Crippen LogP contribution in [0.1, 0.15) is 39.6 Å². The molecule has 4 aliphatic rings. The molecule has 7 aromatic rings. The highest BCUT2D eigenvalue weighted by molar-refractivity contribution is 6.09. The third-order valence-corrected chi connectivity index (χ3v) is 10.5. The number of hydrogen-bond acceptors (Lipinski definition) is 11. The second kappa shape index (κ2) is 13.9. The van der Waals surface area contributed by atoms with Crippen molar-refractivity contribution in [3.63, 3.8) is 0 Å². The number of fused-ring (bicyclic) bond motifs is 2. The van der Waals surface area contributed by atoms with E-state index in [1.807, 2.05) is 147 Å². The molecular weight excluding hydrogens is 737 g/mol. The number of aromatic nitrogens is 4. The van der Waals surface area contributed by atoms with E-state index in [0.717, 1.165) is 16.9 Å². The van der Waals surface area contributed by atoms with E-state index < -0.39 is 17.8 Å². The topological polar surface area (TPSA) is 125 Å². The summed E-state index contributed by atoms with van der Waals surface area (Å²) in [5, 5.41) is 19.5. The smallest absolute Gasteiger partial charge is 0.344 e. The highest BCUT2D eigenvalue weighted by Crippen LogP contribution is 2.50. The Hall–Kier alpha value is -7.54. The molecule has 0 aliphatic carbocycles. The molecule has 13 nitrogen and oxygen atoms in total. The van der Waals surface area contributed by atoms with Crippen LogP contribution in [-0.2, 0) is 20.2 Å². The van der Waals surface area contributed by atoms with E-state index in [1.54, 1.807) is 23.6 Å². The first kappa shape index (κ1) is 34.9. The largest absolute Gasteiger partial charge is 0.497 e. The van der Waals surface area contributed by atoms with E-state index in [0.29, 0.717) is 68.5 Å². The summed E-state index contributed by atoms with van der Waals surface area (Å²) in [6.45, 7) is 3.80. The monoisotopic (exact) mass is 772 g/mol. The molecule has 58 heavy (non-hydrogen) atoms. The maximum atomic E-state index is 7.09. The van der Waals surface area contributed by atoms with Gasteiger partial charge in [0.05, 0.1) is 48.5 Å². The van der Waals surface area contributed by atoms with E-state index in [9.17, 15) is 0 Å². The first-order valence-corrected chi connectivity index (χ1v) is 18.7. The van der Waals surface area contributed by atoms with Crippen LogP contribution < -0.4 is 18.9 Å². The number of ether oxygens (including phenoxy) is 5. The molecule has 0 fully saturated rings. The zero-order valence-corrected chi connectivity index (χ0v) is 31.9. The third kappa shape index (κ3) is 5.69. The second-order valence-corrected chi connectivity index (χ2v) is 13.9. The van der Waals surface area contributed by atoms with Gasteiger partial charge in [-0.15, -0.1) is 0 Å². The minimum absolute atomic E-state index is 0.150. The summed E-state index contributed by atoms with van der Waals surface area (Å²) in [5.74, 6) is 1.05. The van der Waals surface area contributed by atoms with Gasteiger partial charge in [0, 0.05) is 5.56 Å². The van der Waals surface area contributed by atoms with Crippen LogP contribution in [0, 0.1) is 13.8 Å². The summed E-state index contributed by atoms with van der Waals surface area (Å²) in [7, 11) is 3.25. The van der Waals surface area contributed by atoms with Crippen LogP contribution in [0.3, 0.4) is 0 Å². The fraction of sp³-hybridized carbons (Fsp3) is 0.156. The van der Waals surface area contributed by atoms with Crippen LogP contribution in [0.4, 0.5) is 0 Å². The molecule has 0 saturated carbocycles. The molecule has 288 valence electrons. The minimum Gasteiger partial charge on any atom is -0.497 e. The van der Waals surface area contributed by atoms with E-state index >= 15 is 0 Å². The van der Waals surface area contributed by atoms with Gasteiger partial charge in [0.15, 0.2) is 0 Å². The fourth-order valence-corrected chi connectivity index (χ4v) is 7.63. The average Bonchev–Trinajstić information content (AvgIpc) is 4.05. The SMILES string of the molecule is COc1ccc([C@@H]2C3=NO[C@H]2[C@]2(c4ccc(OC)cc4)ON=C(O2)c2c(C)nn(-c4ccccc4)c2Oc2ccc(cc2)Oc2c3c(C)nn2-c2ccccc2)cc1. The van der Waals surface area contributed by atoms with E-state index in [-0.39, 0.29) is 5.90 Å². The third-order valence-electron chi connectivity index (χ3n) is 10.5. The van der Waals surface area contributed by atoms with Crippen LogP contribution in [0.25, 0.3) is 11.4 Å². The van der Waals surface area contributed by atoms with Gasteiger partial charge < -0.3 is 33.4 Å². The molecular formula is C45H36N6O7. The molecule has 0 amide bonds. The van der Waals surface area contributed by atoms with Crippen LogP contribution in [0.15, 0.2) is 144 Å². The fourth-order valence-electron chi connectivity index (χ4n) is 7.63. The highest BCUT2D eigenvalue weighted by Gasteiger charge is 2.60. The summed E-state index contributed by atoms with van der Waals surface area (Å²) < 4.78 is 35.2. The maximum Gasteiger partial charge on any atom is 0.344 e. The Kier molecular flexibility index (Phi) is 8.36. The zero-order chi connectivity index (χ0) is 39.4. The van der Waals surface area contributed by atoms with Crippen molar-refractivity contribution in [3.8, 4) is 46.1 Å². The van der Waals surface area contributed by atoms with Crippen molar-refractivity contribution in [2.45, 2.75) is 31.7 Å². The lowest BCUT2D eigenvalue weighted by Crippen LogP contribution is -2.46. The molecule has 0 saturated heterocycles. The highest BCUT2D eigenvalue weighted by atomic mass is 16.8. The first-order valence-electron chi connectivity index (χ1n) is 18.7. The van der Waals surface area contributed by atoms with E-state index in [1.165, 1.54) is 0 Å². The minimum atomic E-state index is -1.70. The summed E-state index contributed by atoms with van der Waals surface area (Å²) in [4.78, 5) is 13.2. The number of aryl methyl sites for hydroxylation is 2. The number of nitrogens with zero attached hydrogens (tertiary/aromatic N) is 6. The molecule has 3 atom stereocenters. The Morgan fingerprint density at radius 1 is 0.586 bits per heavy atom. The molecule has 6 bridgehead atoms.